The zero-order valence-corrected chi connectivity index (χ0v) is 6.52. The van der Waals surface area contributed by atoms with Crippen LogP contribution in [0.1, 0.15) is 20.3 Å². The average molecular weight is 121 g/mol. The van der Waals surface area contributed by atoms with Crippen LogP contribution in [0.5, 0.6) is 0 Å². The van der Waals surface area contributed by atoms with Gasteiger partial charge in [0.2, 0.25) is 0 Å². The molecular weight excluding hydrogens is 107 g/mol. The molecule has 0 N–H and O–H groups in total. The van der Waals surface area contributed by atoms with Crippen molar-refractivity contribution in [2.45, 2.75) is 27.1 Å². The second kappa shape index (κ2) is 5.68. The molecular formula is C8H14B. The van der Waals surface area contributed by atoms with E-state index >= 15 is 0 Å². The van der Waals surface area contributed by atoms with E-state index in [0.29, 0.717) is 0 Å². The van der Waals surface area contributed by atoms with Gasteiger partial charge in [-0.2, -0.15) is 0 Å². The molecule has 0 bridgehead atoms. The lowest BCUT2D eigenvalue weighted by Crippen LogP contribution is -1.86. The van der Waals surface area contributed by atoms with Crippen LogP contribution >= 0.6 is 0 Å². The van der Waals surface area contributed by atoms with Gasteiger partial charge in [-0.25, -0.2) is 0 Å². The van der Waals surface area contributed by atoms with Crippen molar-refractivity contribution < 1.29 is 0 Å². The Morgan fingerprint density at radius 3 is 2.56 bits per heavy atom. The number of rotatable bonds is 3. The zero-order chi connectivity index (χ0) is 7.11. The van der Waals surface area contributed by atoms with Gasteiger partial charge < -0.3 is 0 Å². The standard InChI is InChI=1S/C8H14B/c1-4-6-7-8(5-2)9-3/h4,6-7H,5H2,1-3H3. The topological polar surface area (TPSA) is 0 Å². The van der Waals surface area contributed by atoms with E-state index in [-0.39, 0.29) is 0 Å². The van der Waals surface area contributed by atoms with Gasteiger partial charge in [0, 0.05) is 0 Å². The average Bonchev–Trinajstić information content (AvgIpc) is 1.91. The highest BCUT2D eigenvalue weighted by molar-refractivity contribution is 6.43. The van der Waals surface area contributed by atoms with Crippen LogP contribution in [0.3, 0.4) is 0 Å². The molecule has 0 aromatic heterocycles. The third-order valence-electron chi connectivity index (χ3n) is 1.28. The fourth-order valence-electron chi connectivity index (χ4n) is 0.638. The summed E-state index contributed by atoms with van der Waals surface area (Å²) in [6, 6.07) is 0. The van der Waals surface area contributed by atoms with Crippen molar-refractivity contribution in [1.29, 1.82) is 0 Å². The predicted molar refractivity (Wildman–Crippen MR) is 44.8 cm³/mol. The molecule has 0 fully saturated rings. The smallest absolute Gasteiger partial charge is 0.109 e. The minimum atomic E-state index is 1.13. The van der Waals surface area contributed by atoms with Gasteiger partial charge in [-0.15, -0.1) is 5.47 Å². The largest absolute Gasteiger partial charge is 0.142 e. The first-order valence-electron chi connectivity index (χ1n) is 3.46. The van der Waals surface area contributed by atoms with Gasteiger partial charge in [-0.3, -0.25) is 0 Å². The first-order valence-corrected chi connectivity index (χ1v) is 3.46. The molecule has 0 heterocycles. The highest BCUT2D eigenvalue weighted by atomic mass is 13.8. The molecule has 0 amide bonds. The van der Waals surface area contributed by atoms with Gasteiger partial charge >= 0.3 is 0 Å². The maximum atomic E-state index is 2.16. The monoisotopic (exact) mass is 121 g/mol. The molecule has 0 aromatic rings. The zero-order valence-electron chi connectivity index (χ0n) is 6.52. The Hall–Kier alpha value is -0.455. The van der Waals surface area contributed by atoms with Crippen LogP contribution in [0.25, 0.3) is 0 Å². The Labute approximate surface area is 58.9 Å². The van der Waals surface area contributed by atoms with Crippen LogP contribution in [-0.2, 0) is 0 Å². The molecule has 0 rings (SSSR count). The lowest BCUT2D eigenvalue weighted by molar-refractivity contribution is 1.19. The molecule has 0 saturated heterocycles. The lowest BCUT2D eigenvalue weighted by Gasteiger charge is -1.93. The summed E-state index contributed by atoms with van der Waals surface area (Å²) in [6.07, 6.45) is 7.37. The predicted octanol–water partition coefficient (Wildman–Crippen LogP) is 2.61. The van der Waals surface area contributed by atoms with E-state index in [1.165, 1.54) is 5.47 Å². The maximum Gasteiger partial charge on any atom is 0.142 e. The molecule has 0 spiro atoms. The van der Waals surface area contributed by atoms with E-state index in [4.69, 9.17) is 0 Å². The molecule has 0 aliphatic carbocycles. The van der Waals surface area contributed by atoms with E-state index in [1.54, 1.807) is 0 Å². The fourth-order valence-corrected chi connectivity index (χ4v) is 0.638. The summed E-state index contributed by atoms with van der Waals surface area (Å²) < 4.78 is 0. The molecule has 0 unspecified atom stereocenters. The normalized spacial score (nSPS) is 12.6. The van der Waals surface area contributed by atoms with E-state index in [2.05, 4.69) is 33.2 Å². The summed E-state index contributed by atoms with van der Waals surface area (Å²) in [5, 5.41) is 0. The lowest BCUT2D eigenvalue weighted by atomic mass is 9.71. The van der Waals surface area contributed by atoms with Crippen LogP contribution in [0.2, 0.25) is 6.82 Å². The maximum absolute atomic E-state index is 2.16. The van der Waals surface area contributed by atoms with Crippen LogP contribution in [0.15, 0.2) is 23.7 Å². The molecule has 0 aliphatic rings. The molecule has 0 aromatic carbocycles. The van der Waals surface area contributed by atoms with Crippen molar-refractivity contribution in [3.63, 3.8) is 0 Å². The first kappa shape index (κ1) is 8.54. The summed E-state index contributed by atoms with van der Waals surface area (Å²) in [6.45, 7) is 6.26. The summed E-state index contributed by atoms with van der Waals surface area (Å²) >= 11 is 0. The summed E-state index contributed by atoms with van der Waals surface area (Å²) in [5.74, 6) is 0. The second-order valence-electron chi connectivity index (χ2n) is 1.91. The van der Waals surface area contributed by atoms with Crippen molar-refractivity contribution in [1.82, 2.24) is 0 Å². The number of hydrogen-bond acceptors (Lipinski definition) is 0. The highest BCUT2D eigenvalue weighted by Crippen LogP contribution is 1.97. The quantitative estimate of drug-likeness (QED) is 0.397. The second-order valence-corrected chi connectivity index (χ2v) is 1.91. The van der Waals surface area contributed by atoms with Gasteiger partial charge in [-0.05, 0) is 13.3 Å². The minimum Gasteiger partial charge on any atom is -0.109 e. The molecule has 1 radical (unpaired) electrons. The van der Waals surface area contributed by atoms with E-state index in [9.17, 15) is 0 Å². The molecule has 0 saturated carbocycles. The first-order chi connectivity index (χ1) is 4.35. The van der Waals surface area contributed by atoms with Gasteiger partial charge in [-0.1, -0.05) is 32.0 Å². The summed E-state index contributed by atoms with van der Waals surface area (Å²) in [7, 11) is 2.14. The third kappa shape index (κ3) is 4.08. The van der Waals surface area contributed by atoms with E-state index in [0.717, 1.165) is 6.42 Å². The number of allylic oxidation sites excluding steroid dienone is 4. The van der Waals surface area contributed by atoms with Crippen molar-refractivity contribution in [3.05, 3.63) is 23.7 Å². The molecule has 0 atom stereocenters. The van der Waals surface area contributed by atoms with E-state index < -0.39 is 0 Å². The van der Waals surface area contributed by atoms with Crippen LogP contribution < -0.4 is 0 Å². The van der Waals surface area contributed by atoms with Crippen molar-refractivity contribution in [2.24, 2.45) is 0 Å². The van der Waals surface area contributed by atoms with Crippen LogP contribution in [0.4, 0.5) is 0 Å². The fraction of sp³-hybridized carbons (Fsp3) is 0.500. The third-order valence-corrected chi connectivity index (χ3v) is 1.28. The van der Waals surface area contributed by atoms with Gasteiger partial charge in [0.1, 0.15) is 7.28 Å². The van der Waals surface area contributed by atoms with Crippen molar-refractivity contribution in [2.75, 3.05) is 0 Å². The Kier molecular flexibility index (Phi) is 5.39. The molecule has 9 heavy (non-hydrogen) atoms. The molecule has 1 heteroatoms. The SMILES string of the molecule is C[B]C(=CC=CC)CC. The Morgan fingerprint density at radius 2 is 2.22 bits per heavy atom. The van der Waals surface area contributed by atoms with Gasteiger partial charge in [0.15, 0.2) is 0 Å². The minimum absolute atomic E-state index is 1.13. The molecule has 0 nitrogen and oxygen atoms in total. The van der Waals surface area contributed by atoms with Crippen LogP contribution in [0, 0.1) is 0 Å². The summed E-state index contributed by atoms with van der Waals surface area (Å²) in [4.78, 5) is 0. The molecule has 0 aliphatic heterocycles. The Morgan fingerprint density at radius 1 is 1.56 bits per heavy atom. The Balaban J connectivity index is 3.75. The highest BCUT2D eigenvalue weighted by Gasteiger charge is 1.85. The van der Waals surface area contributed by atoms with Gasteiger partial charge in [0.25, 0.3) is 0 Å². The van der Waals surface area contributed by atoms with Crippen LogP contribution in [-0.4, -0.2) is 7.28 Å². The van der Waals surface area contributed by atoms with Gasteiger partial charge in [0.05, 0.1) is 0 Å². The molecule has 49 valence electrons. The van der Waals surface area contributed by atoms with Crippen molar-refractivity contribution >= 4 is 7.28 Å². The Bertz CT molecular complexity index is 106. The van der Waals surface area contributed by atoms with E-state index in [1.807, 2.05) is 13.0 Å². The van der Waals surface area contributed by atoms with Crippen molar-refractivity contribution in [3.8, 4) is 0 Å². The summed E-state index contributed by atoms with van der Waals surface area (Å²) in [5.41, 5.74) is 1.40. The number of hydrogen-bond donors (Lipinski definition) is 0.